The highest BCUT2D eigenvalue weighted by Gasteiger charge is 2.41. The van der Waals surface area contributed by atoms with Gasteiger partial charge in [0.2, 0.25) is 12.2 Å². The highest BCUT2D eigenvalue weighted by Crippen LogP contribution is 2.42. The van der Waals surface area contributed by atoms with Crippen molar-refractivity contribution in [2.75, 3.05) is 27.3 Å². The largest absolute Gasteiger partial charge is 0.493 e. The number of hydrogen-bond acceptors (Lipinski definition) is 10. The SMILES string of the molecule is COc1ccc2c(c1OC)CCCC2C1=NCCN1.O=C(O[C@H](C(=O)O)[C@H](OC(=O)c1ccccc1)C(=O)O)c1ccccc1. The first-order chi connectivity index (χ1) is 21.7. The lowest BCUT2D eigenvalue weighted by molar-refractivity contribution is -0.166. The molecule has 3 N–H and O–H groups in total. The first-order valence-electron chi connectivity index (χ1n) is 14.2. The standard InChI is InChI=1S/C18H14O8.C15H20N2O2/c19-15(20)13(25-17(23)11-7-3-1-4-8-11)14(16(21)22)26-18(24)12-9-5-2-6-10-12;1-18-13-7-6-10-11(14(13)19-2)4-3-5-12(10)15-16-8-9-17-15/h1-10,13-14H,(H,19,20)(H,21,22);6-7,12H,3-5,8-9H2,1-2H3,(H,16,17)/t13-,14-;/m0./s1. The number of esters is 2. The van der Waals surface area contributed by atoms with Crippen LogP contribution in [-0.4, -0.2) is 79.4 Å². The summed E-state index contributed by atoms with van der Waals surface area (Å²) in [4.78, 5) is 51.4. The smallest absolute Gasteiger partial charge is 0.349 e. The number of aliphatic imine (C=N–C) groups is 1. The van der Waals surface area contributed by atoms with Crippen LogP contribution in [-0.2, 0) is 25.5 Å². The number of benzene rings is 3. The van der Waals surface area contributed by atoms with Crippen molar-refractivity contribution in [3.05, 3.63) is 95.1 Å². The van der Waals surface area contributed by atoms with E-state index in [1.54, 1.807) is 26.4 Å². The van der Waals surface area contributed by atoms with Gasteiger partial charge in [0.1, 0.15) is 5.84 Å². The summed E-state index contributed by atoms with van der Waals surface area (Å²) in [5.41, 5.74) is 2.68. The van der Waals surface area contributed by atoms with Crippen LogP contribution in [0.4, 0.5) is 0 Å². The number of nitrogens with one attached hydrogen (secondary N) is 1. The third-order valence-electron chi connectivity index (χ3n) is 7.26. The Morgan fingerprint density at radius 1 is 0.800 bits per heavy atom. The van der Waals surface area contributed by atoms with Crippen LogP contribution >= 0.6 is 0 Å². The molecule has 0 aromatic heterocycles. The second-order valence-corrected chi connectivity index (χ2v) is 10.1. The molecule has 12 nitrogen and oxygen atoms in total. The maximum Gasteiger partial charge on any atom is 0.349 e. The zero-order chi connectivity index (χ0) is 32.3. The molecule has 1 aliphatic carbocycles. The average molecular weight is 619 g/mol. The first-order valence-corrected chi connectivity index (χ1v) is 14.2. The van der Waals surface area contributed by atoms with Gasteiger partial charge in [-0.15, -0.1) is 0 Å². The molecule has 0 saturated carbocycles. The molecule has 0 saturated heterocycles. The van der Waals surface area contributed by atoms with Crippen molar-refractivity contribution in [2.45, 2.75) is 37.4 Å². The van der Waals surface area contributed by atoms with E-state index in [4.69, 9.17) is 18.9 Å². The molecule has 1 unspecified atom stereocenters. The minimum atomic E-state index is -2.21. The Hall–Kier alpha value is -5.39. The van der Waals surface area contributed by atoms with Crippen molar-refractivity contribution >= 4 is 29.7 Å². The van der Waals surface area contributed by atoms with Gasteiger partial charge in [0, 0.05) is 18.0 Å². The fourth-order valence-corrected chi connectivity index (χ4v) is 5.16. The number of carbonyl (C=O) groups is 4. The Labute approximate surface area is 259 Å². The van der Waals surface area contributed by atoms with Crippen LogP contribution < -0.4 is 14.8 Å². The van der Waals surface area contributed by atoms with Crippen molar-refractivity contribution in [3.8, 4) is 11.5 Å². The normalized spacial score (nSPS) is 16.2. The molecule has 2 aliphatic rings. The Kier molecular flexibility index (Phi) is 11.1. The molecule has 0 spiro atoms. The zero-order valence-corrected chi connectivity index (χ0v) is 24.8. The number of rotatable bonds is 10. The van der Waals surface area contributed by atoms with Gasteiger partial charge in [0.05, 0.1) is 31.9 Å². The average Bonchev–Trinajstić information content (AvgIpc) is 3.61. The molecule has 0 bridgehead atoms. The quantitative estimate of drug-likeness (QED) is 0.283. The van der Waals surface area contributed by atoms with E-state index >= 15 is 0 Å². The molecule has 3 atom stereocenters. The summed E-state index contributed by atoms with van der Waals surface area (Å²) in [7, 11) is 3.40. The van der Waals surface area contributed by atoms with Gasteiger partial charge in [-0.25, -0.2) is 19.2 Å². The van der Waals surface area contributed by atoms with E-state index < -0.39 is 36.1 Å². The number of carboxylic acids is 2. The number of carboxylic acid groups (broad SMARTS) is 2. The van der Waals surface area contributed by atoms with Gasteiger partial charge in [0.15, 0.2) is 11.5 Å². The summed E-state index contributed by atoms with van der Waals surface area (Å²) in [6.07, 6.45) is -1.05. The third-order valence-corrected chi connectivity index (χ3v) is 7.26. The molecule has 3 aromatic rings. The Balaban J connectivity index is 0.000000214. The lowest BCUT2D eigenvalue weighted by Crippen LogP contribution is -2.45. The number of amidine groups is 1. The Morgan fingerprint density at radius 2 is 1.36 bits per heavy atom. The van der Waals surface area contributed by atoms with Crippen LogP contribution in [0.2, 0.25) is 0 Å². The lowest BCUT2D eigenvalue weighted by Gasteiger charge is -2.27. The number of ether oxygens (including phenoxy) is 4. The minimum Gasteiger partial charge on any atom is -0.493 e. The highest BCUT2D eigenvalue weighted by molar-refractivity contribution is 5.95. The summed E-state index contributed by atoms with van der Waals surface area (Å²) in [6, 6.07) is 19.0. The van der Waals surface area contributed by atoms with Crippen LogP contribution in [0.1, 0.15) is 50.6 Å². The van der Waals surface area contributed by atoms with Crippen LogP contribution in [0.15, 0.2) is 77.8 Å². The van der Waals surface area contributed by atoms with Gasteiger partial charge in [-0.05, 0) is 55.2 Å². The second-order valence-electron chi connectivity index (χ2n) is 10.1. The van der Waals surface area contributed by atoms with E-state index in [1.807, 2.05) is 6.07 Å². The molecule has 1 aliphatic heterocycles. The van der Waals surface area contributed by atoms with E-state index in [0.717, 1.165) is 43.3 Å². The fourth-order valence-electron chi connectivity index (χ4n) is 5.16. The fraction of sp³-hybridized carbons (Fsp3) is 0.303. The molecule has 0 fully saturated rings. The molecular weight excluding hydrogens is 584 g/mol. The van der Waals surface area contributed by atoms with Crippen molar-refractivity contribution in [1.29, 1.82) is 0 Å². The van der Waals surface area contributed by atoms with Gasteiger partial charge in [-0.3, -0.25) is 4.99 Å². The van der Waals surface area contributed by atoms with Crippen molar-refractivity contribution in [1.82, 2.24) is 5.32 Å². The molecule has 3 aromatic carbocycles. The molecule has 1 heterocycles. The molecular formula is C33H34N2O10. The topological polar surface area (TPSA) is 170 Å². The summed E-state index contributed by atoms with van der Waals surface area (Å²) in [6.45, 7) is 1.86. The maximum atomic E-state index is 12.0. The number of methoxy groups -OCH3 is 2. The zero-order valence-electron chi connectivity index (χ0n) is 24.8. The third kappa shape index (κ3) is 7.96. The van der Waals surface area contributed by atoms with E-state index in [0.29, 0.717) is 5.92 Å². The van der Waals surface area contributed by atoms with E-state index in [-0.39, 0.29) is 11.1 Å². The van der Waals surface area contributed by atoms with Crippen LogP contribution in [0.25, 0.3) is 0 Å². The number of carbonyl (C=O) groups excluding carboxylic acids is 2. The predicted molar refractivity (Wildman–Crippen MR) is 162 cm³/mol. The Morgan fingerprint density at radius 3 is 1.80 bits per heavy atom. The number of fused-ring (bicyclic) bond motifs is 1. The van der Waals surface area contributed by atoms with Crippen LogP contribution in [0.3, 0.4) is 0 Å². The van der Waals surface area contributed by atoms with E-state index in [2.05, 4.69) is 16.4 Å². The summed E-state index contributed by atoms with van der Waals surface area (Å²) in [5, 5.41) is 21.9. The predicted octanol–water partition coefficient (Wildman–Crippen LogP) is 3.73. The van der Waals surface area contributed by atoms with Gasteiger partial charge in [-0.2, -0.15) is 0 Å². The second kappa shape index (κ2) is 15.4. The van der Waals surface area contributed by atoms with Crippen LogP contribution in [0, 0.1) is 0 Å². The molecule has 0 radical (unpaired) electrons. The summed E-state index contributed by atoms with van der Waals surface area (Å²) in [5.74, 6) is -2.38. The van der Waals surface area contributed by atoms with Gasteiger partial charge in [0.25, 0.3) is 0 Å². The van der Waals surface area contributed by atoms with Crippen molar-refractivity contribution < 1.29 is 48.3 Å². The molecule has 12 heteroatoms. The highest BCUT2D eigenvalue weighted by atomic mass is 16.6. The van der Waals surface area contributed by atoms with Gasteiger partial charge < -0.3 is 34.5 Å². The maximum absolute atomic E-state index is 12.0. The minimum absolute atomic E-state index is 0.0253. The number of nitrogens with zero attached hydrogens (tertiary/aromatic N) is 1. The summed E-state index contributed by atoms with van der Waals surface area (Å²) < 4.78 is 20.5. The van der Waals surface area contributed by atoms with Crippen molar-refractivity contribution in [2.24, 2.45) is 4.99 Å². The number of aliphatic carboxylic acids is 2. The lowest BCUT2D eigenvalue weighted by atomic mass is 9.81. The van der Waals surface area contributed by atoms with E-state index in [1.165, 1.54) is 66.1 Å². The van der Waals surface area contributed by atoms with E-state index in [9.17, 15) is 29.4 Å². The molecule has 0 amide bonds. The van der Waals surface area contributed by atoms with Gasteiger partial charge >= 0.3 is 23.9 Å². The summed E-state index contributed by atoms with van der Waals surface area (Å²) >= 11 is 0. The molecule has 5 rings (SSSR count). The monoisotopic (exact) mass is 618 g/mol. The number of hydrogen-bond donors (Lipinski definition) is 3. The van der Waals surface area contributed by atoms with Crippen LogP contribution in [0.5, 0.6) is 11.5 Å². The molecule has 45 heavy (non-hydrogen) atoms. The first kappa shape index (κ1) is 32.5. The van der Waals surface area contributed by atoms with Crippen molar-refractivity contribution in [3.63, 3.8) is 0 Å². The Bertz CT molecular complexity index is 1470. The molecule has 236 valence electrons. The van der Waals surface area contributed by atoms with Gasteiger partial charge in [-0.1, -0.05) is 42.5 Å².